The van der Waals surface area contributed by atoms with Crippen LogP contribution in [0.3, 0.4) is 0 Å². The van der Waals surface area contributed by atoms with Crippen molar-refractivity contribution in [3.05, 3.63) is 16.1 Å². The topological polar surface area (TPSA) is 70.5 Å². The predicted octanol–water partition coefficient (Wildman–Crippen LogP) is 3.05. The largest absolute Gasteiger partial charge is 0.481 e. The maximum absolute atomic E-state index is 12.8. The Morgan fingerprint density at radius 3 is 2.74 bits per heavy atom. The van der Waals surface area contributed by atoms with Gasteiger partial charge in [-0.05, 0) is 39.0 Å². The molecule has 0 bridgehead atoms. The van der Waals surface area contributed by atoms with Crippen LogP contribution in [0.4, 0.5) is 0 Å². The molecular weight excluding hydrogens is 312 g/mol. The number of likely N-dealkylation sites (tertiary alicyclic amines) is 1. The number of carbonyl (C=O) groups excluding carboxylic acids is 1. The van der Waals surface area contributed by atoms with Crippen molar-refractivity contribution in [2.24, 2.45) is 11.8 Å². The van der Waals surface area contributed by atoms with Crippen LogP contribution in [0.1, 0.15) is 55.1 Å². The smallest absolute Gasteiger partial charge is 0.306 e. The molecule has 126 valence electrons. The molecule has 1 aliphatic carbocycles. The number of thiazole rings is 1. The quantitative estimate of drug-likeness (QED) is 0.921. The van der Waals surface area contributed by atoms with Gasteiger partial charge in [0.2, 0.25) is 5.91 Å². The Kier molecular flexibility index (Phi) is 4.99. The van der Waals surface area contributed by atoms with Crippen molar-refractivity contribution >= 4 is 23.2 Å². The van der Waals surface area contributed by atoms with Crippen LogP contribution in [0, 0.1) is 18.8 Å². The zero-order valence-electron chi connectivity index (χ0n) is 13.5. The minimum absolute atomic E-state index is 0.110. The number of rotatable bonds is 3. The number of piperidine rings is 1. The molecule has 2 fully saturated rings. The maximum Gasteiger partial charge on any atom is 0.306 e. The lowest BCUT2D eigenvalue weighted by Crippen LogP contribution is -2.43. The number of amides is 1. The molecule has 2 aliphatic rings. The van der Waals surface area contributed by atoms with Gasteiger partial charge in [-0.15, -0.1) is 11.3 Å². The number of aryl methyl sites for hydroxylation is 1. The molecule has 3 atom stereocenters. The third-order valence-corrected chi connectivity index (χ3v) is 6.22. The zero-order chi connectivity index (χ0) is 16.4. The monoisotopic (exact) mass is 336 g/mol. The van der Waals surface area contributed by atoms with E-state index in [1.54, 1.807) is 11.3 Å². The van der Waals surface area contributed by atoms with Crippen molar-refractivity contribution in [1.29, 1.82) is 0 Å². The van der Waals surface area contributed by atoms with Crippen LogP contribution in [0.2, 0.25) is 0 Å². The fourth-order valence-corrected chi connectivity index (χ4v) is 4.76. The summed E-state index contributed by atoms with van der Waals surface area (Å²) < 4.78 is 0. The van der Waals surface area contributed by atoms with E-state index in [4.69, 9.17) is 0 Å². The van der Waals surface area contributed by atoms with Gasteiger partial charge >= 0.3 is 5.97 Å². The van der Waals surface area contributed by atoms with Crippen LogP contribution in [0.25, 0.3) is 0 Å². The first-order valence-corrected chi connectivity index (χ1v) is 9.36. The van der Waals surface area contributed by atoms with E-state index in [0.29, 0.717) is 18.8 Å². The maximum atomic E-state index is 12.8. The lowest BCUT2D eigenvalue weighted by Gasteiger charge is -2.36. The van der Waals surface area contributed by atoms with Crippen molar-refractivity contribution in [3.63, 3.8) is 0 Å². The summed E-state index contributed by atoms with van der Waals surface area (Å²) in [6.07, 6.45) is 4.98. The molecule has 0 aromatic carbocycles. The molecule has 1 saturated carbocycles. The number of hydrogen-bond acceptors (Lipinski definition) is 4. The van der Waals surface area contributed by atoms with Crippen LogP contribution >= 0.6 is 11.3 Å². The minimum Gasteiger partial charge on any atom is -0.481 e. The van der Waals surface area contributed by atoms with E-state index in [-0.39, 0.29) is 17.7 Å². The predicted molar refractivity (Wildman–Crippen MR) is 88.5 cm³/mol. The summed E-state index contributed by atoms with van der Waals surface area (Å²) in [5.41, 5.74) is 1.05. The third kappa shape index (κ3) is 3.74. The molecule has 1 aromatic rings. The second-order valence-electron chi connectivity index (χ2n) is 6.85. The van der Waals surface area contributed by atoms with Gasteiger partial charge in [0.05, 0.1) is 10.9 Å². The standard InChI is InChI=1S/C17H24N2O3S/c1-11-10-23-15(18-11)14-6-3-7-19(9-14)16(20)12-4-2-5-13(8-12)17(21)22/h10,12-14H,2-9H2,1H3,(H,21,22). The Labute approximate surface area is 140 Å². The molecule has 3 unspecified atom stereocenters. The summed E-state index contributed by atoms with van der Waals surface area (Å²) in [4.78, 5) is 30.6. The van der Waals surface area contributed by atoms with Crippen molar-refractivity contribution in [2.45, 2.75) is 51.4 Å². The number of hydrogen-bond donors (Lipinski definition) is 1. The van der Waals surface area contributed by atoms with E-state index in [1.807, 2.05) is 11.8 Å². The average molecular weight is 336 g/mol. The highest BCUT2D eigenvalue weighted by Crippen LogP contribution is 2.34. The highest BCUT2D eigenvalue weighted by Gasteiger charge is 2.35. The number of aromatic nitrogens is 1. The Bertz CT molecular complexity index is 586. The summed E-state index contributed by atoms with van der Waals surface area (Å²) in [5, 5.41) is 12.4. The van der Waals surface area contributed by atoms with Gasteiger partial charge in [0.25, 0.3) is 0 Å². The molecule has 1 aliphatic heterocycles. The van der Waals surface area contributed by atoms with Crippen molar-refractivity contribution in [1.82, 2.24) is 9.88 Å². The number of aliphatic carboxylic acids is 1. The highest BCUT2D eigenvalue weighted by molar-refractivity contribution is 7.09. The first kappa shape index (κ1) is 16.4. The molecule has 3 rings (SSSR count). The van der Waals surface area contributed by atoms with Gasteiger partial charge in [0.1, 0.15) is 0 Å². The zero-order valence-corrected chi connectivity index (χ0v) is 14.3. The highest BCUT2D eigenvalue weighted by atomic mass is 32.1. The fourth-order valence-electron chi connectivity index (χ4n) is 3.84. The molecule has 1 amide bonds. The first-order chi connectivity index (χ1) is 11.0. The molecule has 2 heterocycles. The lowest BCUT2D eigenvalue weighted by molar-refractivity contribution is -0.145. The molecular formula is C17H24N2O3S. The van der Waals surface area contributed by atoms with Crippen LogP contribution in [0.5, 0.6) is 0 Å². The van der Waals surface area contributed by atoms with E-state index in [9.17, 15) is 14.7 Å². The fraction of sp³-hybridized carbons (Fsp3) is 0.706. The van der Waals surface area contributed by atoms with Gasteiger partial charge in [0, 0.05) is 36.0 Å². The Balaban J connectivity index is 1.63. The van der Waals surface area contributed by atoms with Crippen molar-refractivity contribution < 1.29 is 14.7 Å². The summed E-state index contributed by atoms with van der Waals surface area (Å²) in [6.45, 7) is 3.54. The molecule has 5 nitrogen and oxygen atoms in total. The van der Waals surface area contributed by atoms with E-state index >= 15 is 0 Å². The van der Waals surface area contributed by atoms with Crippen molar-refractivity contribution in [3.8, 4) is 0 Å². The van der Waals surface area contributed by atoms with E-state index in [1.165, 1.54) is 0 Å². The Hall–Kier alpha value is -1.43. The number of carbonyl (C=O) groups is 2. The Morgan fingerprint density at radius 2 is 2.04 bits per heavy atom. The second kappa shape index (κ2) is 6.99. The van der Waals surface area contributed by atoms with Gasteiger partial charge in [-0.1, -0.05) is 6.42 Å². The van der Waals surface area contributed by atoms with Gasteiger partial charge in [0.15, 0.2) is 0 Å². The van der Waals surface area contributed by atoms with Gasteiger partial charge in [-0.3, -0.25) is 9.59 Å². The number of nitrogens with zero attached hydrogens (tertiary/aromatic N) is 2. The number of carboxylic acid groups (broad SMARTS) is 1. The molecule has 1 N–H and O–H groups in total. The second-order valence-corrected chi connectivity index (χ2v) is 7.74. The van der Waals surface area contributed by atoms with Crippen LogP contribution in [0.15, 0.2) is 5.38 Å². The lowest BCUT2D eigenvalue weighted by atomic mass is 9.80. The van der Waals surface area contributed by atoms with Gasteiger partial charge < -0.3 is 10.0 Å². The Morgan fingerprint density at radius 1 is 1.26 bits per heavy atom. The molecule has 1 aromatic heterocycles. The molecule has 0 spiro atoms. The molecule has 6 heteroatoms. The van der Waals surface area contributed by atoms with Gasteiger partial charge in [-0.2, -0.15) is 0 Å². The number of carboxylic acids is 1. The van der Waals surface area contributed by atoms with Crippen LogP contribution < -0.4 is 0 Å². The average Bonchev–Trinajstić information content (AvgIpc) is 3.01. The molecule has 23 heavy (non-hydrogen) atoms. The molecule has 0 radical (unpaired) electrons. The van der Waals surface area contributed by atoms with Gasteiger partial charge in [-0.25, -0.2) is 4.98 Å². The molecule has 1 saturated heterocycles. The minimum atomic E-state index is -0.753. The normalized spacial score (nSPS) is 28.6. The van der Waals surface area contributed by atoms with E-state index in [0.717, 1.165) is 49.5 Å². The third-order valence-electron chi connectivity index (χ3n) is 5.09. The summed E-state index contributed by atoms with van der Waals surface area (Å²) >= 11 is 1.68. The first-order valence-electron chi connectivity index (χ1n) is 8.48. The summed E-state index contributed by atoms with van der Waals surface area (Å²) in [5.74, 6) is -0.710. The van der Waals surface area contributed by atoms with E-state index < -0.39 is 5.97 Å². The summed E-state index contributed by atoms with van der Waals surface area (Å²) in [7, 11) is 0. The SMILES string of the molecule is Cc1csc(C2CCCN(C(=O)C3CCCC(C(=O)O)C3)C2)n1. The van der Waals surface area contributed by atoms with E-state index in [2.05, 4.69) is 10.4 Å². The van der Waals surface area contributed by atoms with Crippen molar-refractivity contribution in [2.75, 3.05) is 13.1 Å². The van der Waals surface area contributed by atoms with Crippen LogP contribution in [-0.2, 0) is 9.59 Å². The van der Waals surface area contributed by atoms with Crippen LogP contribution in [-0.4, -0.2) is 40.0 Å². The summed E-state index contributed by atoms with van der Waals surface area (Å²) in [6, 6.07) is 0.